The molecular formula is C16H19N7O2. The van der Waals surface area contributed by atoms with Gasteiger partial charge in [-0.15, -0.1) is 0 Å². The van der Waals surface area contributed by atoms with E-state index in [-0.39, 0.29) is 12.0 Å². The fourth-order valence-electron chi connectivity index (χ4n) is 2.95. The number of ether oxygens (including phenoxy) is 1. The Hall–Kier alpha value is -2.81. The predicted octanol–water partition coefficient (Wildman–Crippen LogP) is 1.24. The van der Waals surface area contributed by atoms with E-state index in [2.05, 4.69) is 37.5 Å². The van der Waals surface area contributed by atoms with Gasteiger partial charge in [0.2, 0.25) is 0 Å². The molecule has 2 aromatic heterocycles. The molecule has 25 heavy (non-hydrogen) atoms. The van der Waals surface area contributed by atoms with E-state index >= 15 is 0 Å². The van der Waals surface area contributed by atoms with Gasteiger partial charge in [0.15, 0.2) is 5.82 Å². The number of hydrogen-bond acceptors (Lipinski definition) is 6. The van der Waals surface area contributed by atoms with Gasteiger partial charge in [-0.2, -0.15) is 20.5 Å². The summed E-state index contributed by atoms with van der Waals surface area (Å²) in [5.74, 6) is 1.40. The first kappa shape index (κ1) is 15.7. The summed E-state index contributed by atoms with van der Waals surface area (Å²) >= 11 is 0. The molecule has 0 aliphatic carbocycles. The van der Waals surface area contributed by atoms with Crippen molar-refractivity contribution in [1.82, 2.24) is 35.5 Å². The van der Waals surface area contributed by atoms with Crippen LogP contribution in [0.25, 0.3) is 11.0 Å². The van der Waals surface area contributed by atoms with E-state index in [4.69, 9.17) is 4.74 Å². The maximum absolute atomic E-state index is 12.8. The fourth-order valence-corrected chi connectivity index (χ4v) is 2.95. The van der Waals surface area contributed by atoms with Gasteiger partial charge >= 0.3 is 0 Å². The number of hydrogen-bond donors (Lipinski definition) is 2. The fraction of sp³-hybridized carbons (Fsp3) is 0.438. The number of aryl methyl sites for hydroxylation is 1. The molecule has 1 fully saturated rings. The largest absolute Gasteiger partial charge is 0.366 e. The third kappa shape index (κ3) is 3.10. The van der Waals surface area contributed by atoms with Crippen LogP contribution in [-0.4, -0.2) is 61.1 Å². The predicted molar refractivity (Wildman–Crippen MR) is 88.9 cm³/mol. The zero-order valence-electron chi connectivity index (χ0n) is 13.9. The Morgan fingerprint density at radius 3 is 3.08 bits per heavy atom. The van der Waals surface area contributed by atoms with Crippen LogP contribution in [0.3, 0.4) is 0 Å². The molecule has 1 aliphatic rings. The van der Waals surface area contributed by atoms with Crippen molar-refractivity contribution < 1.29 is 9.53 Å². The summed E-state index contributed by atoms with van der Waals surface area (Å²) < 4.78 is 5.76. The minimum absolute atomic E-state index is 0.0532. The minimum Gasteiger partial charge on any atom is -0.366 e. The molecule has 2 N–H and O–H groups in total. The lowest BCUT2D eigenvalue weighted by atomic mass is 10.1. The van der Waals surface area contributed by atoms with Gasteiger partial charge in [-0.3, -0.25) is 9.89 Å². The Morgan fingerprint density at radius 1 is 1.32 bits per heavy atom. The highest BCUT2D eigenvalue weighted by atomic mass is 16.5. The molecule has 1 amide bonds. The van der Waals surface area contributed by atoms with E-state index in [0.29, 0.717) is 36.6 Å². The number of benzene rings is 1. The molecule has 0 saturated carbocycles. The highest BCUT2D eigenvalue weighted by Crippen LogP contribution is 2.21. The van der Waals surface area contributed by atoms with E-state index < -0.39 is 0 Å². The molecule has 1 aliphatic heterocycles. The zero-order valence-corrected chi connectivity index (χ0v) is 13.9. The molecule has 0 spiro atoms. The van der Waals surface area contributed by atoms with Gasteiger partial charge in [-0.05, 0) is 24.6 Å². The van der Waals surface area contributed by atoms with Gasteiger partial charge in [0.1, 0.15) is 23.0 Å². The maximum atomic E-state index is 12.8. The summed E-state index contributed by atoms with van der Waals surface area (Å²) in [6.07, 6.45) is 1.53. The molecular weight excluding hydrogens is 322 g/mol. The quantitative estimate of drug-likeness (QED) is 0.738. The highest BCUT2D eigenvalue weighted by Gasteiger charge is 2.28. The minimum atomic E-state index is -0.310. The van der Waals surface area contributed by atoms with E-state index in [9.17, 15) is 4.79 Å². The first-order valence-corrected chi connectivity index (χ1v) is 8.37. The Bertz CT molecular complexity index is 887. The van der Waals surface area contributed by atoms with Crippen molar-refractivity contribution in [2.24, 2.45) is 0 Å². The highest BCUT2D eigenvalue weighted by molar-refractivity contribution is 5.97. The summed E-state index contributed by atoms with van der Waals surface area (Å²) in [5.41, 5.74) is 2.00. The number of nitrogens with zero attached hydrogens (tertiary/aromatic N) is 5. The smallest absolute Gasteiger partial charge is 0.254 e. The van der Waals surface area contributed by atoms with Crippen LogP contribution in [0.1, 0.15) is 41.5 Å². The van der Waals surface area contributed by atoms with Crippen LogP contribution < -0.4 is 0 Å². The number of rotatable bonds is 4. The molecule has 0 unspecified atom stereocenters. The van der Waals surface area contributed by atoms with Crippen molar-refractivity contribution in [1.29, 1.82) is 0 Å². The van der Waals surface area contributed by atoms with Gasteiger partial charge in [-0.25, -0.2) is 4.98 Å². The van der Waals surface area contributed by atoms with Crippen LogP contribution in [0.2, 0.25) is 0 Å². The lowest BCUT2D eigenvalue weighted by Crippen LogP contribution is -2.42. The van der Waals surface area contributed by atoms with E-state index in [1.807, 2.05) is 0 Å². The second-order valence-corrected chi connectivity index (χ2v) is 6.03. The molecule has 9 heteroatoms. The molecule has 3 heterocycles. The molecule has 1 saturated heterocycles. The van der Waals surface area contributed by atoms with Crippen molar-refractivity contribution in [3.63, 3.8) is 0 Å². The van der Waals surface area contributed by atoms with Gasteiger partial charge in [0.05, 0.1) is 13.2 Å². The third-order valence-corrected chi connectivity index (χ3v) is 4.24. The second kappa shape index (κ2) is 6.60. The summed E-state index contributed by atoms with van der Waals surface area (Å²) in [4.78, 5) is 19.1. The molecule has 1 atom stereocenters. The summed E-state index contributed by atoms with van der Waals surface area (Å²) in [6.45, 7) is 3.52. The summed E-state index contributed by atoms with van der Waals surface area (Å²) in [5, 5.41) is 17.8. The van der Waals surface area contributed by atoms with Gasteiger partial charge in [0.25, 0.3) is 5.91 Å². The third-order valence-electron chi connectivity index (χ3n) is 4.24. The Kier molecular flexibility index (Phi) is 4.14. The number of fused-ring (bicyclic) bond motifs is 1. The molecule has 4 rings (SSSR count). The lowest BCUT2D eigenvalue weighted by molar-refractivity contribution is -0.0266. The van der Waals surface area contributed by atoms with Crippen molar-refractivity contribution in [2.45, 2.75) is 25.9 Å². The average molecular weight is 341 g/mol. The number of amides is 1. The van der Waals surface area contributed by atoms with Crippen LogP contribution in [0.5, 0.6) is 0 Å². The van der Waals surface area contributed by atoms with Gasteiger partial charge < -0.3 is 9.64 Å². The monoisotopic (exact) mass is 341 g/mol. The van der Waals surface area contributed by atoms with Gasteiger partial charge in [0, 0.05) is 18.5 Å². The van der Waals surface area contributed by atoms with Crippen LogP contribution in [0.15, 0.2) is 18.2 Å². The van der Waals surface area contributed by atoms with E-state index in [1.54, 1.807) is 23.1 Å². The second-order valence-electron chi connectivity index (χ2n) is 6.03. The standard InChI is InChI=1S/C16H19N7O2/c1-2-3-14-17-15(21-20-14)13-9-23(6-7-25-13)16(24)10-4-5-11-12(8-10)19-22-18-11/h4-5,8,13H,2-3,6-7,9H2,1H3,(H,17,20,21)(H,18,19,22)/t13-/m1/s1. The van der Waals surface area contributed by atoms with Gasteiger partial charge in [-0.1, -0.05) is 6.92 Å². The number of carbonyl (C=O) groups excluding carboxylic acids is 1. The van der Waals surface area contributed by atoms with Crippen molar-refractivity contribution in [2.75, 3.05) is 19.7 Å². The zero-order chi connectivity index (χ0) is 17.2. The van der Waals surface area contributed by atoms with E-state index in [1.165, 1.54) is 0 Å². The van der Waals surface area contributed by atoms with Crippen LogP contribution in [0, 0.1) is 0 Å². The molecule has 130 valence electrons. The molecule has 3 aromatic rings. The summed E-state index contributed by atoms with van der Waals surface area (Å²) in [7, 11) is 0. The Labute approximate surface area is 143 Å². The van der Waals surface area contributed by atoms with Crippen molar-refractivity contribution >= 4 is 16.9 Å². The Morgan fingerprint density at radius 2 is 2.20 bits per heavy atom. The summed E-state index contributed by atoms with van der Waals surface area (Å²) in [6, 6.07) is 5.30. The number of nitrogens with one attached hydrogen (secondary N) is 2. The van der Waals surface area contributed by atoms with Crippen LogP contribution >= 0.6 is 0 Å². The molecule has 0 radical (unpaired) electrons. The maximum Gasteiger partial charge on any atom is 0.254 e. The average Bonchev–Trinajstić information content (AvgIpc) is 3.30. The molecule has 9 nitrogen and oxygen atoms in total. The number of aromatic nitrogens is 6. The Balaban J connectivity index is 1.50. The van der Waals surface area contributed by atoms with Crippen molar-refractivity contribution in [3.05, 3.63) is 35.4 Å². The van der Waals surface area contributed by atoms with Crippen LogP contribution in [0.4, 0.5) is 0 Å². The number of carbonyl (C=O) groups is 1. The number of H-pyrrole nitrogens is 2. The SMILES string of the molecule is CCCc1nc([C@H]2CN(C(=O)c3ccc4n[nH]nc4c3)CCO2)n[nH]1. The lowest BCUT2D eigenvalue weighted by Gasteiger charge is -2.31. The first-order chi connectivity index (χ1) is 12.2. The molecule has 0 bridgehead atoms. The van der Waals surface area contributed by atoms with Crippen LogP contribution in [-0.2, 0) is 11.2 Å². The van der Waals surface area contributed by atoms with E-state index in [0.717, 1.165) is 24.2 Å². The number of aromatic amines is 2. The molecule has 1 aromatic carbocycles. The normalized spacial score (nSPS) is 18.0. The number of morpholine rings is 1. The van der Waals surface area contributed by atoms with Crippen molar-refractivity contribution in [3.8, 4) is 0 Å². The topological polar surface area (TPSA) is 113 Å². The first-order valence-electron chi connectivity index (χ1n) is 8.37.